The second-order valence-corrected chi connectivity index (χ2v) is 2.58. The Labute approximate surface area is 64.4 Å². The van der Waals surface area contributed by atoms with E-state index in [1.165, 1.54) is 6.20 Å². The number of rotatable bonds is 2. The second kappa shape index (κ2) is 2.74. The fourth-order valence-corrected chi connectivity index (χ4v) is 0.668. The number of aromatic nitrogens is 1. The molecule has 0 saturated carbocycles. The summed E-state index contributed by atoms with van der Waals surface area (Å²) in [4.78, 5) is 14.4. The van der Waals surface area contributed by atoms with Crippen LogP contribution in [0.5, 0.6) is 0 Å². The van der Waals surface area contributed by atoms with Crippen LogP contribution in [0.3, 0.4) is 0 Å². The molecular formula is C7H10N2O2. The maximum atomic E-state index is 10.5. The first-order chi connectivity index (χ1) is 5.11. The van der Waals surface area contributed by atoms with Crippen molar-refractivity contribution in [2.45, 2.75) is 19.8 Å². The number of carbonyl (C=O) groups is 1. The van der Waals surface area contributed by atoms with E-state index in [0.717, 1.165) is 0 Å². The number of hydrogen-bond acceptors (Lipinski definition) is 3. The van der Waals surface area contributed by atoms with Gasteiger partial charge >= 0.3 is 0 Å². The van der Waals surface area contributed by atoms with Crippen molar-refractivity contribution in [3.05, 3.63) is 17.8 Å². The Kier molecular flexibility index (Phi) is 1.94. The highest BCUT2D eigenvalue weighted by Gasteiger charge is 2.10. The molecule has 0 aromatic carbocycles. The molecule has 1 aromatic rings. The van der Waals surface area contributed by atoms with Gasteiger partial charge in [0.15, 0.2) is 5.89 Å². The minimum absolute atomic E-state index is 0.119. The van der Waals surface area contributed by atoms with E-state index in [1.54, 1.807) is 0 Å². The van der Waals surface area contributed by atoms with Gasteiger partial charge in [0.05, 0.1) is 6.20 Å². The number of nitrogens with two attached hydrogens (primary N) is 1. The Morgan fingerprint density at radius 2 is 2.36 bits per heavy atom. The standard InChI is InChI=1S/C7H10N2O2/c1-4(2)7-9-3-5(11-7)6(8)10/h3-4H,1-2H3,(H2,8,10). The van der Waals surface area contributed by atoms with Crippen molar-refractivity contribution in [1.29, 1.82) is 0 Å². The summed E-state index contributed by atoms with van der Waals surface area (Å²) in [6.45, 7) is 3.85. The Bertz CT molecular complexity index is 265. The van der Waals surface area contributed by atoms with Crippen LogP contribution < -0.4 is 5.73 Å². The highest BCUT2D eigenvalue weighted by atomic mass is 16.4. The van der Waals surface area contributed by atoms with Crippen LogP contribution in [-0.4, -0.2) is 10.9 Å². The van der Waals surface area contributed by atoms with E-state index in [2.05, 4.69) is 4.98 Å². The zero-order chi connectivity index (χ0) is 8.43. The molecule has 4 nitrogen and oxygen atoms in total. The first-order valence-electron chi connectivity index (χ1n) is 3.36. The van der Waals surface area contributed by atoms with Crippen LogP contribution in [0.2, 0.25) is 0 Å². The molecule has 1 rings (SSSR count). The molecule has 0 radical (unpaired) electrons. The Balaban J connectivity index is 2.90. The van der Waals surface area contributed by atoms with Gasteiger partial charge in [-0.25, -0.2) is 4.98 Å². The summed E-state index contributed by atoms with van der Waals surface area (Å²) in [5.41, 5.74) is 4.95. The third-order valence-electron chi connectivity index (χ3n) is 1.26. The van der Waals surface area contributed by atoms with Crippen molar-refractivity contribution in [3.63, 3.8) is 0 Å². The normalized spacial score (nSPS) is 10.5. The molecule has 0 unspecified atom stereocenters. The van der Waals surface area contributed by atoms with Gasteiger partial charge in [0.25, 0.3) is 5.91 Å². The third kappa shape index (κ3) is 1.58. The number of oxazole rings is 1. The van der Waals surface area contributed by atoms with Gasteiger partial charge in [-0.15, -0.1) is 0 Å². The highest BCUT2D eigenvalue weighted by molar-refractivity contribution is 5.89. The summed E-state index contributed by atoms with van der Waals surface area (Å²) in [6.07, 6.45) is 1.34. The van der Waals surface area contributed by atoms with Crippen LogP contribution in [0.25, 0.3) is 0 Å². The number of carbonyl (C=O) groups excluding carboxylic acids is 1. The van der Waals surface area contributed by atoms with E-state index in [9.17, 15) is 4.79 Å². The SMILES string of the molecule is CC(C)c1ncc(C(N)=O)o1. The quantitative estimate of drug-likeness (QED) is 0.687. The number of nitrogens with zero attached hydrogens (tertiary/aromatic N) is 1. The van der Waals surface area contributed by atoms with Crippen LogP contribution in [0.4, 0.5) is 0 Å². The van der Waals surface area contributed by atoms with Gasteiger partial charge in [0.2, 0.25) is 5.76 Å². The topological polar surface area (TPSA) is 69.1 Å². The van der Waals surface area contributed by atoms with Gasteiger partial charge in [-0.2, -0.15) is 0 Å². The summed E-state index contributed by atoms with van der Waals surface area (Å²) < 4.78 is 5.02. The molecule has 0 aliphatic heterocycles. The third-order valence-corrected chi connectivity index (χ3v) is 1.26. The minimum Gasteiger partial charge on any atom is -0.435 e. The zero-order valence-corrected chi connectivity index (χ0v) is 6.50. The smallest absolute Gasteiger partial charge is 0.286 e. The lowest BCUT2D eigenvalue weighted by molar-refractivity contribution is 0.0972. The molecule has 0 fully saturated rings. The fourth-order valence-electron chi connectivity index (χ4n) is 0.668. The minimum atomic E-state index is -0.579. The van der Waals surface area contributed by atoms with Gasteiger partial charge in [-0.05, 0) is 0 Å². The fraction of sp³-hybridized carbons (Fsp3) is 0.429. The van der Waals surface area contributed by atoms with Gasteiger partial charge in [0.1, 0.15) is 0 Å². The van der Waals surface area contributed by atoms with E-state index in [4.69, 9.17) is 10.2 Å². The Morgan fingerprint density at radius 3 is 2.64 bits per heavy atom. The molecule has 4 heteroatoms. The van der Waals surface area contributed by atoms with E-state index >= 15 is 0 Å². The van der Waals surface area contributed by atoms with E-state index in [1.807, 2.05) is 13.8 Å². The van der Waals surface area contributed by atoms with E-state index < -0.39 is 5.91 Å². The summed E-state index contributed by atoms with van der Waals surface area (Å²) in [5.74, 6) is 0.264. The van der Waals surface area contributed by atoms with Crippen molar-refractivity contribution in [3.8, 4) is 0 Å². The number of amides is 1. The molecular weight excluding hydrogens is 144 g/mol. The molecule has 60 valence electrons. The monoisotopic (exact) mass is 154 g/mol. The van der Waals surface area contributed by atoms with Gasteiger partial charge in [0, 0.05) is 5.92 Å². The van der Waals surface area contributed by atoms with Crippen molar-refractivity contribution in [2.75, 3.05) is 0 Å². The predicted molar refractivity (Wildman–Crippen MR) is 39.1 cm³/mol. The number of hydrogen-bond donors (Lipinski definition) is 1. The predicted octanol–water partition coefficient (Wildman–Crippen LogP) is 0.897. The average molecular weight is 154 g/mol. The Hall–Kier alpha value is -1.32. The van der Waals surface area contributed by atoms with Crippen molar-refractivity contribution >= 4 is 5.91 Å². The molecule has 1 aromatic heterocycles. The number of primary amides is 1. The molecule has 0 aliphatic rings. The first-order valence-corrected chi connectivity index (χ1v) is 3.36. The molecule has 0 bridgehead atoms. The van der Waals surface area contributed by atoms with Crippen LogP contribution in [-0.2, 0) is 0 Å². The first kappa shape index (κ1) is 7.78. The van der Waals surface area contributed by atoms with Crippen LogP contribution in [0.15, 0.2) is 10.6 Å². The van der Waals surface area contributed by atoms with Crippen LogP contribution >= 0.6 is 0 Å². The van der Waals surface area contributed by atoms with E-state index in [0.29, 0.717) is 5.89 Å². The van der Waals surface area contributed by atoms with Gasteiger partial charge in [-0.1, -0.05) is 13.8 Å². The molecule has 0 saturated heterocycles. The maximum Gasteiger partial charge on any atom is 0.286 e. The molecule has 1 heterocycles. The summed E-state index contributed by atoms with van der Waals surface area (Å²) >= 11 is 0. The lowest BCUT2D eigenvalue weighted by Gasteiger charge is -1.94. The van der Waals surface area contributed by atoms with Gasteiger partial charge in [-0.3, -0.25) is 4.79 Å². The average Bonchev–Trinajstić information content (AvgIpc) is 2.33. The lowest BCUT2D eigenvalue weighted by Crippen LogP contribution is -2.09. The zero-order valence-electron chi connectivity index (χ0n) is 6.50. The summed E-state index contributed by atoms with van der Waals surface area (Å²) in [5, 5.41) is 0. The van der Waals surface area contributed by atoms with Gasteiger partial charge < -0.3 is 10.2 Å². The van der Waals surface area contributed by atoms with Crippen LogP contribution in [0.1, 0.15) is 36.2 Å². The van der Waals surface area contributed by atoms with Crippen molar-refractivity contribution in [1.82, 2.24) is 4.98 Å². The van der Waals surface area contributed by atoms with Crippen molar-refractivity contribution in [2.24, 2.45) is 5.73 Å². The molecule has 0 aliphatic carbocycles. The summed E-state index contributed by atoms with van der Waals surface area (Å²) in [7, 11) is 0. The summed E-state index contributed by atoms with van der Waals surface area (Å²) in [6, 6.07) is 0. The maximum absolute atomic E-state index is 10.5. The molecule has 1 amide bonds. The van der Waals surface area contributed by atoms with Crippen molar-refractivity contribution < 1.29 is 9.21 Å². The second-order valence-electron chi connectivity index (χ2n) is 2.58. The largest absolute Gasteiger partial charge is 0.435 e. The Morgan fingerprint density at radius 1 is 1.73 bits per heavy atom. The molecule has 11 heavy (non-hydrogen) atoms. The highest BCUT2D eigenvalue weighted by Crippen LogP contribution is 2.13. The molecule has 0 spiro atoms. The van der Waals surface area contributed by atoms with E-state index in [-0.39, 0.29) is 11.7 Å². The molecule has 0 atom stereocenters. The van der Waals surface area contributed by atoms with Crippen LogP contribution in [0, 0.1) is 0 Å². The lowest BCUT2D eigenvalue weighted by atomic mass is 10.2. The molecule has 2 N–H and O–H groups in total.